The third kappa shape index (κ3) is 2.16. The third-order valence-corrected chi connectivity index (χ3v) is 2.66. The largest absolute Gasteiger partial charge is 0.298 e. The minimum atomic E-state index is -0.174. The van der Waals surface area contributed by atoms with Gasteiger partial charge in [-0.3, -0.25) is 19.4 Å². The van der Waals surface area contributed by atoms with Crippen molar-refractivity contribution in [2.45, 2.75) is 33.2 Å². The van der Waals surface area contributed by atoms with Crippen molar-refractivity contribution in [3.63, 3.8) is 0 Å². The van der Waals surface area contributed by atoms with E-state index < -0.39 is 0 Å². The van der Waals surface area contributed by atoms with Crippen LogP contribution in [0.15, 0.2) is 18.6 Å². The summed E-state index contributed by atoms with van der Waals surface area (Å²) in [5, 5.41) is 4.47. The average molecular weight is 244 g/mol. The van der Waals surface area contributed by atoms with Crippen LogP contribution in [0.5, 0.6) is 0 Å². The Bertz CT molecular complexity index is 581. The molecule has 0 spiro atoms. The van der Waals surface area contributed by atoms with E-state index in [1.165, 1.54) is 0 Å². The molecule has 94 valence electrons. The summed E-state index contributed by atoms with van der Waals surface area (Å²) in [6.07, 6.45) is 5.78. The van der Waals surface area contributed by atoms with Crippen molar-refractivity contribution in [2.24, 2.45) is 0 Å². The lowest BCUT2D eigenvalue weighted by molar-refractivity contribution is 0.112. The summed E-state index contributed by atoms with van der Waals surface area (Å²) in [6, 6.07) is 0. The standard InChI is InChI=1S/C13H16N4O/c1-9-11(15-6-5-14-9)12-10(8-18)7-17(16-12)13(2,3)4/h5-8H,1-4H3. The normalized spacial score (nSPS) is 11.6. The Morgan fingerprint density at radius 2 is 1.83 bits per heavy atom. The van der Waals surface area contributed by atoms with Gasteiger partial charge in [0.2, 0.25) is 0 Å². The Morgan fingerprint density at radius 1 is 1.17 bits per heavy atom. The monoisotopic (exact) mass is 244 g/mol. The Kier molecular flexibility index (Phi) is 2.98. The number of aryl methyl sites for hydroxylation is 1. The Labute approximate surface area is 106 Å². The first-order valence-electron chi connectivity index (χ1n) is 5.77. The van der Waals surface area contributed by atoms with Crippen molar-refractivity contribution < 1.29 is 4.79 Å². The molecule has 0 atom stereocenters. The van der Waals surface area contributed by atoms with Gasteiger partial charge in [0.25, 0.3) is 0 Å². The summed E-state index contributed by atoms with van der Waals surface area (Å²) in [5.41, 5.74) is 2.37. The van der Waals surface area contributed by atoms with Crippen LogP contribution in [0.1, 0.15) is 36.8 Å². The molecule has 0 fully saturated rings. The Hall–Kier alpha value is -2.04. The van der Waals surface area contributed by atoms with E-state index >= 15 is 0 Å². The van der Waals surface area contributed by atoms with E-state index in [1.54, 1.807) is 23.3 Å². The van der Waals surface area contributed by atoms with Crippen molar-refractivity contribution >= 4 is 6.29 Å². The van der Waals surface area contributed by atoms with Gasteiger partial charge in [-0.1, -0.05) is 0 Å². The molecule has 2 rings (SSSR count). The van der Waals surface area contributed by atoms with Gasteiger partial charge >= 0.3 is 0 Å². The smallest absolute Gasteiger partial charge is 0.153 e. The van der Waals surface area contributed by atoms with Crippen molar-refractivity contribution in [2.75, 3.05) is 0 Å². The fourth-order valence-electron chi connectivity index (χ4n) is 1.64. The van der Waals surface area contributed by atoms with E-state index in [9.17, 15) is 4.79 Å². The van der Waals surface area contributed by atoms with Gasteiger partial charge < -0.3 is 0 Å². The van der Waals surface area contributed by atoms with Crippen molar-refractivity contribution in [3.05, 3.63) is 29.8 Å². The number of hydrogen-bond donors (Lipinski definition) is 0. The first-order chi connectivity index (χ1) is 8.43. The summed E-state index contributed by atoms with van der Waals surface area (Å²) in [5.74, 6) is 0. The van der Waals surface area contributed by atoms with Crippen molar-refractivity contribution in [1.29, 1.82) is 0 Å². The SMILES string of the molecule is Cc1nccnc1-c1nn(C(C)(C)C)cc1C=O. The quantitative estimate of drug-likeness (QED) is 0.760. The number of rotatable bonds is 2. The van der Waals surface area contributed by atoms with Crippen LogP contribution >= 0.6 is 0 Å². The summed E-state index contributed by atoms with van der Waals surface area (Å²) in [7, 11) is 0. The van der Waals surface area contributed by atoms with Crippen LogP contribution in [0.25, 0.3) is 11.4 Å². The summed E-state index contributed by atoms with van der Waals surface area (Å²) >= 11 is 0. The predicted molar refractivity (Wildman–Crippen MR) is 68.4 cm³/mol. The maximum atomic E-state index is 11.2. The van der Waals surface area contributed by atoms with Crippen LogP contribution in [0.4, 0.5) is 0 Å². The fraction of sp³-hybridized carbons (Fsp3) is 0.385. The number of nitrogens with zero attached hydrogens (tertiary/aromatic N) is 4. The zero-order valence-corrected chi connectivity index (χ0v) is 11.0. The second kappa shape index (κ2) is 4.33. The molecule has 0 saturated heterocycles. The molecule has 2 aromatic heterocycles. The second-order valence-electron chi connectivity index (χ2n) is 5.16. The van der Waals surface area contributed by atoms with E-state index in [-0.39, 0.29) is 5.54 Å². The van der Waals surface area contributed by atoms with Crippen LogP contribution in [0.3, 0.4) is 0 Å². The number of aromatic nitrogens is 4. The van der Waals surface area contributed by atoms with E-state index in [0.29, 0.717) is 17.0 Å². The maximum absolute atomic E-state index is 11.2. The molecule has 2 aromatic rings. The molecular weight excluding hydrogens is 228 g/mol. The van der Waals surface area contributed by atoms with Crippen molar-refractivity contribution in [1.82, 2.24) is 19.7 Å². The molecular formula is C13H16N4O. The molecule has 0 saturated carbocycles. The first-order valence-corrected chi connectivity index (χ1v) is 5.77. The molecule has 5 heteroatoms. The Balaban J connectivity index is 2.61. The molecule has 18 heavy (non-hydrogen) atoms. The van der Waals surface area contributed by atoms with Gasteiger partial charge in [-0.15, -0.1) is 0 Å². The molecule has 0 aliphatic carbocycles. The lowest BCUT2D eigenvalue weighted by Crippen LogP contribution is -2.22. The number of hydrogen-bond acceptors (Lipinski definition) is 4. The molecule has 0 N–H and O–H groups in total. The highest BCUT2D eigenvalue weighted by molar-refractivity contribution is 5.84. The fourth-order valence-corrected chi connectivity index (χ4v) is 1.64. The van der Waals surface area contributed by atoms with Crippen LogP contribution in [-0.2, 0) is 5.54 Å². The van der Waals surface area contributed by atoms with Gasteiger partial charge in [-0.25, -0.2) is 0 Å². The highest BCUT2D eigenvalue weighted by Crippen LogP contribution is 2.23. The zero-order chi connectivity index (χ0) is 13.3. The van der Waals surface area contributed by atoms with Gasteiger partial charge in [-0.2, -0.15) is 5.10 Å². The molecule has 0 aromatic carbocycles. The van der Waals surface area contributed by atoms with Gasteiger partial charge in [0, 0.05) is 18.6 Å². The maximum Gasteiger partial charge on any atom is 0.153 e. The minimum absolute atomic E-state index is 0.174. The summed E-state index contributed by atoms with van der Waals surface area (Å²) in [4.78, 5) is 19.6. The van der Waals surface area contributed by atoms with Crippen LogP contribution in [0.2, 0.25) is 0 Å². The van der Waals surface area contributed by atoms with Crippen molar-refractivity contribution in [3.8, 4) is 11.4 Å². The number of carbonyl (C=O) groups is 1. The van der Waals surface area contributed by atoms with Crippen LogP contribution < -0.4 is 0 Å². The Morgan fingerprint density at radius 3 is 2.39 bits per heavy atom. The molecule has 5 nitrogen and oxygen atoms in total. The lowest BCUT2D eigenvalue weighted by atomic mass is 10.1. The molecule has 2 heterocycles. The third-order valence-electron chi connectivity index (χ3n) is 2.66. The summed E-state index contributed by atoms with van der Waals surface area (Å²) < 4.78 is 1.78. The predicted octanol–water partition coefficient (Wildman–Crippen LogP) is 2.22. The zero-order valence-electron chi connectivity index (χ0n) is 11.0. The topological polar surface area (TPSA) is 60.7 Å². The van der Waals surface area contributed by atoms with E-state index in [2.05, 4.69) is 15.1 Å². The number of carbonyl (C=O) groups excluding carboxylic acids is 1. The van der Waals surface area contributed by atoms with Gasteiger partial charge in [-0.05, 0) is 27.7 Å². The first kappa shape index (κ1) is 12.4. The van der Waals surface area contributed by atoms with Gasteiger partial charge in [0.1, 0.15) is 11.4 Å². The second-order valence-corrected chi connectivity index (χ2v) is 5.16. The highest BCUT2D eigenvalue weighted by Gasteiger charge is 2.20. The molecule has 0 amide bonds. The van der Waals surface area contributed by atoms with E-state index in [4.69, 9.17) is 0 Å². The highest BCUT2D eigenvalue weighted by atomic mass is 16.1. The molecule has 0 radical (unpaired) electrons. The van der Waals surface area contributed by atoms with Crippen LogP contribution in [-0.4, -0.2) is 26.0 Å². The molecule has 0 bridgehead atoms. The minimum Gasteiger partial charge on any atom is -0.298 e. The molecule has 0 aliphatic rings. The van der Waals surface area contributed by atoms with Gasteiger partial charge in [0.15, 0.2) is 6.29 Å². The molecule has 0 unspecified atom stereocenters. The average Bonchev–Trinajstić information content (AvgIpc) is 2.73. The molecule has 0 aliphatic heterocycles. The lowest BCUT2D eigenvalue weighted by Gasteiger charge is -2.18. The van der Waals surface area contributed by atoms with E-state index in [0.717, 1.165) is 12.0 Å². The summed E-state index contributed by atoms with van der Waals surface area (Å²) in [6.45, 7) is 7.94. The number of aldehydes is 1. The van der Waals surface area contributed by atoms with Crippen LogP contribution in [0, 0.1) is 6.92 Å². The van der Waals surface area contributed by atoms with E-state index in [1.807, 2.05) is 27.7 Å². The van der Waals surface area contributed by atoms with Gasteiger partial charge in [0.05, 0.1) is 16.8 Å².